The number of methoxy groups -OCH3 is 1. The molecular formula is C26H29BrN2O3S. The van der Waals surface area contributed by atoms with Gasteiger partial charge in [0, 0.05) is 17.8 Å². The number of nitrogens with zero attached hydrogens (tertiary/aromatic N) is 1. The molecule has 0 radical (unpaired) electrons. The highest BCUT2D eigenvalue weighted by Gasteiger charge is 2.41. The fraction of sp³-hybridized carbons (Fsp3) is 0.385. The quantitative estimate of drug-likeness (QED) is 0.516. The summed E-state index contributed by atoms with van der Waals surface area (Å²) in [5.41, 5.74) is 3.17. The van der Waals surface area contributed by atoms with Crippen LogP contribution in [-0.4, -0.2) is 41.7 Å². The molecule has 2 fully saturated rings. The molecule has 174 valence electrons. The SMILES string of the molecule is COc1ccc(/C=C2/SC3CCCCC3N(CC(=O)NCc3ccc(C)cc3)C2=O)cc1Br. The van der Waals surface area contributed by atoms with Crippen LogP contribution in [0.4, 0.5) is 0 Å². The Bertz CT molecular complexity index is 1050. The van der Waals surface area contributed by atoms with E-state index in [1.54, 1.807) is 23.8 Å². The van der Waals surface area contributed by atoms with Crippen LogP contribution in [0.25, 0.3) is 6.08 Å². The number of hydrogen-bond donors (Lipinski definition) is 1. The number of hydrogen-bond acceptors (Lipinski definition) is 4. The largest absolute Gasteiger partial charge is 0.496 e. The first kappa shape index (κ1) is 23.9. The van der Waals surface area contributed by atoms with Crippen molar-refractivity contribution >= 4 is 45.6 Å². The number of amides is 2. The van der Waals surface area contributed by atoms with Crippen LogP contribution in [0.3, 0.4) is 0 Å². The van der Waals surface area contributed by atoms with Crippen LogP contribution in [-0.2, 0) is 16.1 Å². The summed E-state index contributed by atoms with van der Waals surface area (Å²) in [7, 11) is 1.63. The van der Waals surface area contributed by atoms with Crippen molar-refractivity contribution in [3.8, 4) is 5.75 Å². The minimum Gasteiger partial charge on any atom is -0.496 e. The number of aryl methyl sites for hydroxylation is 1. The second-order valence-electron chi connectivity index (χ2n) is 8.61. The predicted octanol–water partition coefficient (Wildman–Crippen LogP) is 5.31. The van der Waals surface area contributed by atoms with E-state index in [1.165, 1.54) is 5.56 Å². The summed E-state index contributed by atoms with van der Waals surface area (Å²) >= 11 is 5.19. The van der Waals surface area contributed by atoms with Crippen molar-refractivity contribution in [1.82, 2.24) is 10.2 Å². The zero-order chi connectivity index (χ0) is 23.4. The van der Waals surface area contributed by atoms with Crippen molar-refractivity contribution in [2.45, 2.75) is 50.4 Å². The number of fused-ring (bicyclic) bond motifs is 1. The topological polar surface area (TPSA) is 58.6 Å². The van der Waals surface area contributed by atoms with Gasteiger partial charge < -0.3 is 15.0 Å². The second kappa shape index (κ2) is 10.8. The summed E-state index contributed by atoms with van der Waals surface area (Å²) in [5.74, 6) is 0.575. The van der Waals surface area contributed by atoms with Crippen LogP contribution in [0.2, 0.25) is 0 Å². The number of ether oxygens (including phenoxy) is 1. The van der Waals surface area contributed by atoms with E-state index in [0.29, 0.717) is 16.7 Å². The van der Waals surface area contributed by atoms with Gasteiger partial charge in [-0.1, -0.05) is 48.7 Å². The zero-order valence-corrected chi connectivity index (χ0v) is 21.4. The van der Waals surface area contributed by atoms with Crippen molar-refractivity contribution in [2.75, 3.05) is 13.7 Å². The van der Waals surface area contributed by atoms with Gasteiger partial charge in [-0.3, -0.25) is 9.59 Å². The second-order valence-corrected chi connectivity index (χ2v) is 10.7. The number of rotatable bonds is 6. The molecule has 0 bridgehead atoms. The van der Waals surface area contributed by atoms with Crippen LogP contribution in [0.1, 0.15) is 42.4 Å². The van der Waals surface area contributed by atoms with Gasteiger partial charge in [0.25, 0.3) is 5.91 Å². The Labute approximate surface area is 208 Å². The summed E-state index contributed by atoms with van der Waals surface area (Å²) in [4.78, 5) is 28.8. The van der Waals surface area contributed by atoms with E-state index in [0.717, 1.165) is 47.0 Å². The van der Waals surface area contributed by atoms with Crippen molar-refractivity contribution in [1.29, 1.82) is 0 Å². The van der Waals surface area contributed by atoms with Gasteiger partial charge in [-0.15, -0.1) is 11.8 Å². The molecule has 7 heteroatoms. The van der Waals surface area contributed by atoms with Gasteiger partial charge in [0.2, 0.25) is 5.91 Å². The molecule has 2 aromatic rings. The van der Waals surface area contributed by atoms with E-state index in [4.69, 9.17) is 4.74 Å². The lowest BCUT2D eigenvalue weighted by Crippen LogP contribution is -2.54. The van der Waals surface area contributed by atoms with E-state index >= 15 is 0 Å². The summed E-state index contributed by atoms with van der Waals surface area (Å²) in [5, 5.41) is 3.32. The summed E-state index contributed by atoms with van der Waals surface area (Å²) < 4.78 is 6.15. The average Bonchev–Trinajstić information content (AvgIpc) is 2.81. The normalized spacial score (nSPS) is 21.6. The first-order chi connectivity index (χ1) is 15.9. The third kappa shape index (κ3) is 5.82. The minimum absolute atomic E-state index is 0.0550. The fourth-order valence-electron chi connectivity index (χ4n) is 4.40. The molecule has 2 atom stereocenters. The average molecular weight is 530 g/mol. The van der Waals surface area contributed by atoms with Gasteiger partial charge in [0.15, 0.2) is 0 Å². The van der Waals surface area contributed by atoms with Crippen molar-refractivity contribution < 1.29 is 14.3 Å². The molecule has 33 heavy (non-hydrogen) atoms. The van der Waals surface area contributed by atoms with Crippen LogP contribution in [0, 0.1) is 6.92 Å². The van der Waals surface area contributed by atoms with Crippen LogP contribution < -0.4 is 10.1 Å². The molecule has 0 spiro atoms. The summed E-state index contributed by atoms with van der Waals surface area (Å²) in [6.45, 7) is 2.60. The van der Waals surface area contributed by atoms with E-state index < -0.39 is 0 Å². The van der Waals surface area contributed by atoms with Gasteiger partial charge in [0.05, 0.1) is 16.5 Å². The maximum absolute atomic E-state index is 13.5. The smallest absolute Gasteiger partial charge is 0.261 e. The Kier molecular flexibility index (Phi) is 7.81. The molecule has 1 saturated heterocycles. The van der Waals surface area contributed by atoms with Crippen LogP contribution >= 0.6 is 27.7 Å². The number of benzene rings is 2. The molecule has 1 aliphatic heterocycles. The first-order valence-electron chi connectivity index (χ1n) is 11.3. The number of nitrogens with one attached hydrogen (secondary N) is 1. The maximum atomic E-state index is 13.5. The van der Waals surface area contributed by atoms with Crippen molar-refractivity contribution in [2.24, 2.45) is 0 Å². The fourth-order valence-corrected chi connectivity index (χ4v) is 6.43. The molecule has 5 nitrogen and oxygen atoms in total. The van der Waals surface area contributed by atoms with E-state index in [2.05, 4.69) is 21.2 Å². The molecule has 4 rings (SSSR count). The van der Waals surface area contributed by atoms with Gasteiger partial charge >= 0.3 is 0 Å². The van der Waals surface area contributed by atoms with Gasteiger partial charge in [0.1, 0.15) is 12.3 Å². The Morgan fingerprint density at radius 1 is 1.21 bits per heavy atom. The Balaban J connectivity index is 1.50. The molecule has 2 amide bonds. The predicted molar refractivity (Wildman–Crippen MR) is 137 cm³/mol. The van der Waals surface area contributed by atoms with Gasteiger partial charge in [-0.2, -0.15) is 0 Å². The van der Waals surface area contributed by atoms with E-state index in [9.17, 15) is 9.59 Å². The molecule has 1 N–H and O–H groups in total. The monoisotopic (exact) mass is 528 g/mol. The lowest BCUT2D eigenvalue weighted by molar-refractivity contribution is -0.135. The molecule has 1 saturated carbocycles. The Morgan fingerprint density at radius 3 is 2.70 bits per heavy atom. The highest BCUT2D eigenvalue weighted by molar-refractivity contribution is 9.10. The molecule has 2 aromatic carbocycles. The molecule has 1 heterocycles. The highest BCUT2D eigenvalue weighted by atomic mass is 79.9. The van der Waals surface area contributed by atoms with E-state index in [1.807, 2.05) is 55.5 Å². The minimum atomic E-state index is -0.119. The molecular weight excluding hydrogens is 500 g/mol. The first-order valence-corrected chi connectivity index (χ1v) is 13.0. The molecule has 0 aromatic heterocycles. The summed E-state index contributed by atoms with van der Waals surface area (Å²) in [6.07, 6.45) is 6.21. The zero-order valence-electron chi connectivity index (χ0n) is 19.0. The van der Waals surface area contributed by atoms with Crippen molar-refractivity contribution in [3.05, 3.63) is 68.5 Å². The lowest BCUT2D eigenvalue weighted by atomic mass is 9.93. The van der Waals surface area contributed by atoms with Gasteiger partial charge in [-0.05, 0) is 65.0 Å². The third-order valence-electron chi connectivity index (χ3n) is 6.22. The Hall–Kier alpha value is -2.25. The molecule has 2 unspecified atom stereocenters. The number of thioether (sulfide) groups is 1. The maximum Gasteiger partial charge on any atom is 0.261 e. The van der Waals surface area contributed by atoms with Crippen molar-refractivity contribution in [3.63, 3.8) is 0 Å². The van der Waals surface area contributed by atoms with Crippen LogP contribution in [0.15, 0.2) is 51.8 Å². The highest BCUT2D eigenvalue weighted by Crippen LogP contribution is 2.42. The van der Waals surface area contributed by atoms with E-state index in [-0.39, 0.29) is 24.4 Å². The number of carbonyl (C=O) groups excluding carboxylic acids is 2. The van der Waals surface area contributed by atoms with Crippen LogP contribution in [0.5, 0.6) is 5.75 Å². The Morgan fingerprint density at radius 2 is 1.97 bits per heavy atom. The lowest BCUT2D eigenvalue weighted by Gasteiger charge is -2.43. The third-order valence-corrected chi connectivity index (χ3v) is 8.23. The van der Waals surface area contributed by atoms with Gasteiger partial charge in [-0.25, -0.2) is 0 Å². The molecule has 1 aliphatic carbocycles. The standard InChI is InChI=1S/C26H29BrN2O3S/c1-17-7-9-18(10-8-17)15-28-25(30)16-29-21-5-3-4-6-23(21)33-24(26(29)31)14-19-11-12-22(32-2)20(27)13-19/h7-14,21,23H,3-6,15-16H2,1-2H3,(H,28,30)/b24-14+. The number of carbonyl (C=O) groups is 2. The molecule has 2 aliphatic rings. The number of halogens is 1. The summed E-state index contributed by atoms with van der Waals surface area (Å²) in [6, 6.07) is 14.0.